The Bertz CT molecular complexity index is 965. The topological polar surface area (TPSA) is 87.0 Å². The summed E-state index contributed by atoms with van der Waals surface area (Å²) in [6.07, 6.45) is 0. The molecule has 0 unspecified atom stereocenters. The fraction of sp³-hybridized carbons (Fsp3) is 0.111. The molecule has 2 aromatic carbocycles. The number of benzene rings is 2. The van der Waals surface area contributed by atoms with Gasteiger partial charge in [0.05, 0.1) is 0 Å². The zero-order valence-corrected chi connectivity index (χ0v) is 14.2. The van der Waals surface area contributed by atoms with Crippen molar-refractivity contribution in [3.63, 3.8) is 0 Å². The molecule has 128 valence electrons. The number of hydrogen-bond acceptors (Lipinski definition) is 4. The predicted molar refractivity (Wildman–Crippen MR) is 97.9 cm³/mol. The molecule has 25 heavy (non-hydrogen) atoms. The lowest BCUT2D eigenvalue weighted by molar-refractivity contribution is 0.306. The Kier molecular flexibility index (Phi) is 4.90. The van der Waals surface area contributed by atoms with Crippen molar-refractivity contribution >= 4 is 23.1 Å². The van der Waals surface area contributed by atoms with Gasteiger partial charge >= 0.3 is 5.69 Å². The van der Waals surface area contributed by atoms with Gasteiger partial charge in [-0.05, 0) is 48.4 Å². The van der Waals surface area contributed by atoms with Crippen molar-refractivity contribution in [3.8, 4) is 5.75 Å². The first-order chi connectivity index (χ1) is 12.0. The third kappa shape index (κ3) is 4.51. The van der Waals surface area contributed by atoms with Gasteiger partial charge in [-0.3, -0.25) is 14.8 Å². The highest BCUT2D eigenvalue weighted by Crippen LogP contribution is 2.24. The Morgan fingerprint density at radius 3 is 2.48 bits per heavy atom. The Morgan fingerprint density at radius 1 is 1.04 bits per heavy atom. The van der Waals surface area contributed by atoms with Crippen LogP contribution in [0.3, 0.4) is 0 Å². The number of nitrogens with one attached hydrogen (secondary N) is 3. The second-order valence-corrected chi connectivity index (χ2v) is 5.95. The molecule has 0 amide bonds. The molecule has 0 atom stereocenters. The number of ether oxygens (including phenoxy) is 1. The largest absolute Gasteiger partial charge is 0.489 e. The number of aromatic nitrogens is 2. The van der Waals surface area contributed by atoms with Crippen LogP contribution in [0.5, 0.6) is 5.75 Å². The van der Waals surface area contributed by atoms with Crippen molar-refractivity contribution in [2.75, 3.05) is 5.32 Å². The molecular formula is C18H16ClN3O3. The van der Waals surface area contributed by atoms with Crippen LogP contribution in [0, 0.1) is 6.92 Å². The van der Waals surface area contributed by atoms with E-state index in [1.54, 1.807) is 0 Å². The van der Waals surface area contributed by atoms with Crippen LogP contribution in [0.4, 0.5) is 11.5 Å². The fourth-order valence-electron chi connectivity index (χ4n) is 2.29. The zero-order chi connectivity index (χ0) is 17.8. The summed E-state index contributed by atoms with van der Waals surface area (Å²) in [5.41, 5.74) is 1.67. The summed E-state index contributed by atoms with van der Waals surface area (Å²) in [6.45, 7) is 2.34. The van der Waals surface area contributed by atoms with E-state index in [0.29, 0.717) is 17.4 Å². The maximum absolute atomic E-state index is 11.3. The average Bonchev–Trinajstić information content (AvgIpc) is 2.56. The molecule has 7 heteroatoms. The number of rotatable bonds is 5. The lowest BCUT2D eigenvalue weighted by Crippen LogP contribution is -2.22. The van der Waals surface area contributed by atoms with Gasteiger partial charge < -0.3 is 10.1 Å². The quantitative estimate of drug-likeness (QED) is 0.653. The second-order valence-electron chi connectivity index (χ2n) is 5.52. The van der Waals surface area contributed by atoms with Crippen molar-refractivity contribution in [2.24, 2.45) is 0 Å². The Hall–Kier alpha value is -2.99. The number of halogens is 1. The summed E-state index contributed by atoms with van der Waals surface area (Å²) in [6, 6.07) is 14.3. The molecule has 0 aliphatic heterocycles. The third-order valence-electron chi connectivity index (χ3n) is 3.55. The molecular weight excluding hydrogens is 342 g/mol. The van der Waals surface area contributed by atoms with E-state index >= 15 is 0 Å². The molecule has 0 fully saturated rings. The number of anilines is 2. The first kappa shape index (κ1) is 16.9. The molecule has 0 saturated carbocycles. The van der Waals surface area contributed by atoms with Crippen LogP contribution >= 0.6 is 11.6 Å². The van der Waals surface area contributed by atoms with Crippen LogP contribution in [-0.2, 0) is 6.61 Å². The normalized spacial score (nSPS) is 10.5. The third-order valence-corrected chi connectivity index (χ3v) is 3.80. The van der Waals surface area contributed by atoms with E-state index in [9.17, 15) is 9.59 Å². The van der Waals surface area contributed by atoms with Gasteiger partial charge in [0.1, 0.15) is 18.2 Å². The highest BCUT2D eigenvalue weighted by atomic mass is 35.5. The summed E-state index contributed by atoms with van der Waals surface area (Å²) < 4.78 is 5.77. The van der Waals surface area contributed by atoms with Gasteiger partial charge in [0.15, 0.2) is 0 Å². The number of H-pyrrole nitrogens is 2. The molecule has 3 rings (SSSR count). The molecule has 1 heterocycles. The highest BCUT2D eigenvalue weighted by molar-refractivity contribution is 6.30. The van der Waals surface area contributed by atoms with E-state index in [2.05, 4.69) is 15.3 Å². The molecule has 0 bridgehead atoms. The number of hydrogen-bond donors (Lipinski definition) is 3. The van der Waals surface area contributed by atoms with Gasteiger partial charge in [0, 0.05) is 16.8 Å². The van der Waals surface area contributed by atoms with E-state index in [0.717, 1.165) is 22.6 Å². The van der Waals surface area contributed by atoms with Crippen molar-refractivity contribution < 1.29 is 4.74 Å². The molecule has 3 aromatic rings. The molecule has 3 N–H and O–H groups in total. The van der Waals surface area contributed by atoms with Crippen LogP contribution in [0.15, 0.2) is 58.1 Å². The zero-order valence-electron chi connectivity index (χ0n) is 13.4. The van der Waals surface area contributed by atoms with Gasteiger partial charge in [-0.1, -0.05) is 23.7 Å². The summed E-state index contributed by atoms with van der Waals surface area (Å²) in [7, 11) is 0. The number of aromatic amines is 2. The van der Waals surface area contributed by atoms with Crippen LogP contribution in [-0.4, -0.2) is 9.97 Å². The lowest BCUT2D eigenvalue weighted by atomic mass is 10.2. The molecule has 0 aliphatic rings. The van der Waals surface area contributed by atoms with E-state index in [1.807, 2.05) is 49.4 Å². The molecule has 0 saturated heterocycles. The number of aryl methyl sites for hydroxylation is 1. The van der Waals surface area contributed by atoms with Gasteiger partial charge in [-0.25, -0.2) is 4.79 Å². The van der Waals surface area contributed by atoms with Crippen LogP contribution in [0.25, 0.3) is 0 Å². The van der Waals surface area contributed by atoms with E-state index < -0.39 is 11.2 Å². The van der Waals surface area contributed by atoms with Crippen LogP contribution in [0.2, 0.25) is 5.02 Å². The predicted octanol–water partition coefficient (Wildman–Crippen LogP) is 3.35. The minimum absolute atomic E-state index is 0.326. The van der Waals surface area contributed by atoms with Crippen LogP contribution in [0.1, 0.15) is 11.1 Å². The summed E-state index contributed by atoms with van der Waals surface area (Å²) in [4.78, 5) is 27.3. The van der Waals surface area contributed by atoms with Crippen LogP contribution < -0.4 is 21.3 Å². The maximum Gasteiger partial charge on any atom is 0.327 e. The average molecular weight is 358 g/mol. The summed E-state index contributed by atoms with van der Waals surface area (Å²) >= 11 is 5.86. The van der Waals surface area contributed by atoms with E-state index in [1.165, 1.54) is 6.07 Å². The van der Waals surface area contributed by atoms with Crippen molar-refractivity contribution in [1.82, 2.24) is 9.97 Å². The van der Waals surface area contributed by atoms with Crippen molar-refractivity contribution in [2.45, 2.75) is 13.5 Å². The van der Waals surface area contributed by atoms with Crippen molar-refractivity contribution in [3.05, 3.63) is 85.5 Å². The Morgan fingerprint density at radius 2 is 1.80 bits per heavy atom. The standard InChI is InChI=1S/C18H16ClN3O3/c1-11-8-14(25-10-12-2-4-13(19)5-3-12)6-7-15(11)20-16-9-17(23)22-18(24)21-16/h2-9H,10H2,1H3,(H3,20,21,22,23,24). The molecule has 0 aliphatic carbocycles. The monoisotopic (exact) mass is 357 g/mol. The van der Waals surface area contributed by atoms with Gasteiger partial charge in [-0.2, -0.15) is 0 Å². The minimum atomic E-state index is -0.560. The smallest absolute Gasteiger partial charge is 0.327 e. The molecule has 6 nitrogen and oxygen atoms in total. The van der Waals surface area contributed by atoms with Crippen molar-refractivity contribution in [1.29, 1.82) is 0 Å². The molecule has 0 spiro atoms. The molecule has 0 radical (unpaired) electrons. The Balaban J connectivity index is 1.70. The summed E-state index contributed by atoms with van der Waals surface area (Å²) in [5.74, 6) is 1.05. The maximum atomic E-state index is 11.3. The van der Waals surface area contributed by atoms with Gasteiger partial charge in [0.25, 0.3) is 5.56 Å². The van der Waals surface area contributed by atoms with E-state index in [4.69, 9.17) is 16.3 Å². The first-order valence-electron chi connectivity index (χ1n) is 7.58. The van der Waals surface area contributed by atoms with Gasteiger partial charge in [-0.15, -0.1) is 0 Å². The highest BCUT2D eigenvalue weighted by Gasteiger charge is 2.04. The SMILES string of the molecule is Cc1cc(OCc2ccc(Cl)cc2)ccc1Nc1cc(=O)[nH]c(=O)[nH]1. The van der Waals surface area contributed by atoms with Gasteiger partial charge in [0.2, 0.25) is 0 Å². The molecule has 1 aromatic heterocycles. The van der Waals surface area contributed by atoms with E-state index in [-0.39, 0.29) is 0 Å². The second kappa shape index (κ2) is 7.27. The minimum Gasteiger partial charge on any atom is -0.489 e. The lowest BCUT2D eigenvalue weighted by Gasteiger charge is -2.12. The first-order valence-corrected chi connectivity index (χ1v) is 7.96. The Labute approximate surface area is 148 Å². The fourth-order valence-corrected chi connectivity index (χ4v) is 2.42. The summed E-state index contributed by atoms with van der Waals surface area (Å²) in [5, 5.41) is 3.70.